The Labute approximate surface area is 236 Å². The Hall–Kier alpha value is -4.24. The van der Waals surface area contributed by atoms with Crippen molar-refractivity contribution < 1.29 is 29.6 Å². The van der Waals surface area contributed by atoms with Crippen LogP contribution >= 0.6 is 0 Å². The van der Waals surface area contributed by atoms with E-state index in [4.69, 9.17) is 4.74 Å². The molecule has 6 atom stereocenters. The predicted octanol–water partition coefficient (Wildman–Crippen LogP) is 4.87. The van der Waals surface area contributed by atoms with Crippen LogP contribution in [0.1, 0.15) is 24.5 Å². The van der Waals surface area contributed by atoms with Crippen molar-refractivity contribution in [3.05, 3.63) is 96.6 Å². The zero-order chi connectivity index (χ0) is 28.3. The molecule has 0 spiro atoms. The summed E-state index contributed by atoms with van der Waals surface area (Å²) in [5.41, 5.74) is 2.99. The number of aliphatic hydroxyl groups is 2. The number of nitrogens with zero attached hydrogens (tertiary/aromatic N) is 1. The molecule has 2 amide bonds. The van der Waals surface area contributed by atoms with Gasteiger partial charge < -0.3 is 25.4 Å². The Morgan fingerprint density at radius 3 is 2.24 bits per heavy atom. The van der Waals surface area contributed by atoms with E-state index in [2.05, 4.69) is 5.32 Å². The van der Waals surface area contributed by atoms with Crippen molar-refractivity contribution in [3.8, 4) is 5.75 Å². The van der Waals surface area contributed by atoms with Gasteiger partial charge in [0.25, 0.3) is 0 Å². The quantitative estimate of drug-likeness (QED) is 0.262. The number of imide groups is 1. The highest BCUT2D eigenvalue weighted by Gasteiger charge is 2.66. The fraction of sp³-hybridized carbons (Fsp3) is 0.273. The van der Waals surface area contributed by atoms with E-state index in [0.717, 1.165) is 22.3 Å². The van der Waals surface area contributed by atoms with Crippen molar-refractivity contribution in [1.82, 2.24) is 0 Å². The molecule has 8 nitrogen and oxygen atoms in total. The summed E-state index contributed by atoms with van der Waals surface area (Å²) in [5, 5.41) is 37.3. The lowest BCUT2D eigenvalue weighted by Gasteiger charge is -2.44. The van der Waals surface area contributed by atoms with Gasteiger partial charge >= 0.3 is 0 Å². The Bertz CT molecular complexity index is 1640. The normalized spacial score (nSPS) is 29.0. The lowest BCUT2D eigenvalue weighted by atomic mass is 9.64. The van der Waals surface area contributed by atoms with Crippen LogP contribution < -0.4 is 10.2 Å². The van der Waals surface area contributed by atoms with Gasteiger partial charge in [-0.25, -0.2) is 0 Å². The number of carbonyl (C=O) groups excluding carboxylic acids is 2. The molecule has 4 N–H and O–H groups in total. The van der Waals surface area contributed by atoms with Gasteiger partial charge in [-0.1, -0.05) is 48.5 Å². The zero-order valence-corrected chi connectivity index (χ0v) is 22.2. The van der Waals surface area contributed by atoms with Gasteiger partial charge in [-0.15, -0.1) is 0 Å². The van der Waals surface area contributed by atoms with Crippen molar-refractivity contribution in [2.45, 2.75) is 24.7 Å². The summed E-state index contributed by atoms with van der Waals surface area (Å²) in [6.45, 7) is -0.374. The monoisotopic (exact) mass is 550 g/mol. The molecule has 2 aliphatic heterocycles. The number of nitrogens with one attached hydrogen (secondary N) is 1. The van der Waals surface area contributed by atoms with Gasteiger partial charge in [0.2, 0.25) is 11.8 Å². The smallest absolute Gasteiger partial charge is 0.238 e. The number of fused-ring (bicyclic) bond motifs is 4. The zero-order valence-electron chi connectivity index (χ0n) is 22.2. The molecule has 208 valence electrons. The number of benzene rings is 4. The minimum Gasteiger partial charge on any atom is -0.507 e. The highest BCUT2D eigenvalue weighted by molar-refractivity contribution is 6.22. The van der Waals surface area contributed by atoms with Crippen LogP contribution in [-0.4, -0.2) is 39.5 Å². The van der Waals surface area contributed by atoms with Gasteiger partial charge in [0.05, 0.1) is 30.2 Å². The molecule has 0 bridgehead atoms. The predicted molar refractivity (Wildman–Crippen MR) is 153 cm³/mol. The molecular formula is C33H30N2O6. The van der Waals surface area contributed by atoms with Gasteiger partial charge in [-0.3, -0.25) is 14.5 Å². The third-order valence-corrected chi connectivity index (χ3v) is 9.05. The Morgan fingerprint density at radius 2 is 1.51 bits per heavy atom. The van der Waals surface area contributed by atoms with Crippen LogP contribution in [0.25, 0.3) is 10.8 Å². The van der Waals surface area contributed by atoms with Gasteiger partial charge in [0.1, 0.15) is 5.75 Å². The summed E-state index contributed by atoms with van der Waals surface area (Å²) in [7, 11) is 0. The number of anilines is 3. The SMILES string of the molecule is O=C1[C@H]2[C@H](C[C@H](CO)[C@@]3(O)O[C@H](c4ccc(O)c5ccccc45)C[C@@H]23)C(=O)N1c1ccc(Nc2ccccc2)cc1. The molecule has 2 heterocycles. The van der Waals surface area contributed by atoms with E-state index in [1.165, 1.54) is 4.90 Å². The number of hydrogen-bond donors (Lipinski definition) is 4. The number of aromatic hydroxyl groups is 1. The molecule has 3 aliphatic rings. The first-order valence-corrected chi connectivity index (χ1v) is 13.9. The van der Waals surface area contributed by atoms with Crippen molar-refractivity contribution in [2.24, 2.45) is 23.7 Å². The Morgan fingerprint density at radius 1 is 0.829 bits per heavy atom. The van der Waals surface area contributed by atoms with E-state index in [1.807, 2.05) is 66.7 Å². The maximum Gasteiger partial charge on any atom is 0.238 e. The summed E-state index contributed by atoms with van der Waals surface area (Å²) in [5.74, 6) is -5.14. The fourth-order valence-corrected chi connectivity index (χ4v) is 7.11. The number of phenolic OH excluding ortho intramolecular Hbond substituents is 1. The van der Waals surface area contributed by atoms with Crippen LogP contribution in [0, 0.1) is 23.7 Å². The third-order valence-electron chi connectivity index (χ3n) is 9.05. The van der Waals surface area contributed by atoms with Gasteiger partial charge in [-0.2, -0.15) is 0 Å². The molecule has 1 aliphatic carbocycles. The summed E-state index contributed by atoms with van der Waals surface area (Å²) < 4.78 is 6.32. The maximum absolute atomic E-state index is 13.9. The van der Waals surface area contributed by atoms with E-state index in [-0.39, 0.29) is 30.6 Å². The van der Waals surface area contributed by atoms with Crippen LogP contribution in [0.15, 0.2) is 91.0 Å². The second-order valence-corrected chi connectivity index (χ2v) is 11.2. The van der Waals surface area contributed by atoms with E-state index in [9.17, 15) is 24.9 Å². The molecule has 0 unspecified atom stereocenters. The standard InChI is InChI=1S/C33H30N2O6/c36-18-19-16-26-30(27-17-29(41-33(19,27)40)25-14-15-28(37)24-9-5-4-8-23(24)25)32(39)35(31(26)38)22-12-10-21(11-13-22)34-20-6-2-1-3-7-20/h1-15,19,26-27,29-30,34,36-37,40H,16-18H2/t19-,26+,27+,29+,30+,33-/m1/s1. The van der Waals surface area contributed by atoms with Crippen molar-refractivity contribution in [3.63, 3.8) is 0 Å². The van der Waals surface area contributed by atoms with E-state index in [1.54, 1.807) is 24.3 Å². The fourth-order valence-electron chi connectivity index (χ4n) is 7.11. The summed E-state index contributed by atoms with van der Waals surface area (Å²) in [6.07, 6.45) is -0.134. The molecule has 0 radical (unpaired) electrons. The largest absolute Gasteiger partial charge is 0.507 e. The van der Waals surface area contributed by atoms with E-state index < -0.39 is 35.6 Å². The molecular weight excluding hydrogens is 520 g/mol. The van der Waals surface area contributed by atoms with Crippen LogP contribution in [0.5, 0.6) is 5.75 Å². The second kappa shape index (κ2) is 9.69. The number of hydrogen-bond acceptors (Lipinski definition) is 7. The molecule has 41 heavy (non-hydrogen) atoms. The lowest BCUT2D eigenvalue weighted by molar-refractivity contribution is -0.273. The second-order valence-electron chi connectivity index (χ2n) is 11.2. The minimum atomic E-state index is -1.77. The summed E-state index contributed by atoms with van der Waals surface area (Å²) in [4.78, 5) is 28.9. The molecule has 3 fully saturated rings. The summed E-state index contributed by atoms with van der Waals surface area (Å²) in [6, 6.07) is 27.6. The van der Waals surface area contributed by atoms with Gasteiger partial charge in [0, 0.05) is 28.6 Å². The average molecular weight is 551 g/mol. The van der Waals surface area contributed by atoms with Crippen molar-refractivity contribution in [1.29, 1.82) is 0 Å². The van der Waals surface area contributed by atoms with Crippen LogP contribution in [0.3, 0.4) is 0 Å². The van der Waals surface area contributed by atoms with Gasteiger partial charge in [0.15, 0.2) is 5.79 Å². The molecule has 1 saturated carbocycles. The molecule has 0 aromatic heterocycles. The van der Waals surface area contributed by atoms with E-state index in [0.29, 0.717) is 17.5 Å². The molecule has 4 aromatic rings. The number of phenols is 1. The average Bonchev–Trinajstić information content (AvgIpc) is 3.47. The van der Waals surface area contributed by atoms with Crippen LogP contribution in [0.4, 0.5) is 17.1 Å². The number of aliphatic hydroxyl groups excluding tert-OH is 1. The highest BCUT2D eigenvalue weighted by atomic mass is 16.6. The highest BCUT2D eigenvalue weighted by Crippen LogP contribution is 2.59. The number of para-hydroxylation sites is 1. The van der Waals surface area contributed by atoms with Gasteiger partial charge in [-0.05, 0) is 66.3 Å². The molecule has 7 rings (SSSR count). The summed E-state index contributed by atoms with van der Waals surface area (Å²) >= 11 is 0. The Kier molecular flexibility index (Phi) is 6.08. The number of ether oxygens (including phenoxy) is 1. The molecule has 4 aromatic carbocycles. The lowest BCUT2D eigenvalue weighted by Crippen LogP contribution is -2.54. The number of amides is 2. The number of rotatable bonds is 5. The van der Waals surface area contributed by atoms with Crippen molar-refractivity contribution in [2.75, 3.05) is 16.8 Å². The minimum absolute atomic E-state index is 0.143. The van der Waals surface area contributed by atoms with E-state index >= 15 is 0 Å². The first kappa shape index (κ1) is 25.7. The first-order valence-electron chi connectivity index (χ1n) is 13.9. The topological polar surface area (TPSA) is 119 Å². The van der Waals surface area contributed by atoms with Crippen LogP contribution in [-0.2, 0) is 14.3 Å². The third kappa shape index (κ3) is 4.01. The molecule has 8 heteroatoms. The van der Waals surface area contributed by atoms with Crippen molar-refractivity contribution >= 4 is 39.6 Å². The first-order chi connectivity index (χ1) is 19.9. The molecule has 2 saturated heterocycles. The number of carbonyl (C=O) groups is 2. The maximum atomic E-state index is 13.9. The van der Waals surface area contributed by atoms with Crippen LogP contribution in [0.2, 0.25) is 0 Å². The Balaban J connectivity index is 1.20.